The molecular weight excluding hydrogens is 270 g/mol. The number of Topliss-reactive ketones (excluding diaryl/α,β-unsaturated/α-hetero) is 1. The van der Waals surface area contributed by atoms with Gasteiger partial charge in [0.2, 0.25) is 0 Å². The number of benzene rings is 1. The van der Waals surface area contributed by atoms with E-state index in [2.05, 4.69) is 11.9 Å². The predicted octanol–water partition coefficient (Wildman–Crippen LogP) is 4.42. The SMILES string of the molecule is CN(CCC(=O)c1ccccc1Cl)CC1CCCCC1. The Morgan fingerprint density at radius 1 is 1.25 bits per heavy atom. The van der Waals surface area contributed by atoms with Crippen LogP contribution >= 0.6 is 11.6 Å². The summed E-state index contributed by atoms with van der Waals surface area (Å²) in [7, 11) is 2.12. The monoisotopic (exact) mass is 293 g/mol. The number of ketones is 1. The lowest BCUT2D eigenvalue weighted by molar-refractivity contribution is 0.0964. The number of hydrogen-bond acceptors (Lipinski definition) is 2. The highest BCUT2D eigenvalue weighted by atomic mass is 35.5. The third kappa shape index (κ3) is 4.60. The van der Waals surface area contributed by atoms with Gasteiger partial charge in [-0.15, -0.1) is 0 Å². The van der Waals surface area contributed by atoms with Gasteiger partial charge >= 0.3 is 0 Å². The molecule has 0 spiro atoms. The van der Waals surface area contributed by atoms with Crippen LogP contribution in [-0.2, 0) is 0 Å². The quantitative estimate of drug-likeness (QED) is 0.723. The van der Waals surface area contributed by atoms with Crippen molar-refractivity contribution in [3.63, 3.8) is 0 Å². The summed E-state index contributed by atoms with van der Waals surface area (Å²) in [5, 5.41) is 0.562. The Kier molecular flexibility index (Phi) is 6.06. The Labute approximate surface area is 127 Å². The van der Waals surface area contributed by atoms with Crippen LogP contribution < -0.4 is 0 Å². The van der Waals surface area contributed by atoms with E-state index in [1.807, 2.05) is 18.2 Å². The molecule has 1 aromatic rings. The van der Waals surface area contributed by atoms with E-state index < -0.39 is 0 Å². The first-order valence-corrected chi connectivity index (χ1v) is 8.01. The molecule has 0 saturated heterocycles. The molecule has 0 aliphatic heterocycles. The van der Waals surface area contributed by atoms with Crippen LogP contribution in [0.25, 0.3) is 0 Å². The van der Waals surface area contributed by atoms with Crippen molar-refractivity contribution in [2.24, 2.45) is 5.92 Å². The van der Waals surface area contributed by atoms with Crippen LogP contribution in [-0.4, -0.2) is 30.8 Å². The van der Waals surface area contributed by atoms with Gasteiger partial charge in [-0.1, -0.05) is 43.0 Å². The second-order valence-electron chi connectivity index (χ2n) is 5.92. The van der Waals surface area contributed by atoms with Gasteiger partial charge in [-0.3, -0.25) is 4.79 Å². The van der Waals surface area contributed by atoms with Gasteiger partial charge in [0.25, 0.3) is 0 Å². The summed E-state index contributed by atoms with van der Waals surface area (Å²) >= 11 is 6.06. The average molecular weight is 294 g/mol. The van der Waals surface area contributed by atoms with Gasteiger partial charge in [-0.25, -0.2) is 0 Å². The van der Waals surface area contributed by atoms with Gasteiger partial charge < -0.3 is 4.90 Å². The molecule has 110 valence electrons. The summed E-state index contributed by atoms with van der Waals surface area (Å²) in [5.41, 5.74) is 0.653. The Morgan fingerprint density at radius 3 is 2.65 bits per heavy atom. The van der Waals surface area contributed by atoms with Crippen LogP contribution in [0.4, 0.5) is 0 Å². The van der Waals surface area contributed by atoms with Crippen molar-refractivity contribution in [1.29, 1.82) is 0 Å². The minimum Gasteiger partial charge on any atom is -0.306 e. The first kappa shape index (κ1) is 15.5. The van der Waals surface area contributed by atoms with Crippen molar-refractivity contribution in [1.82, 2.24) is 4.90 Å². The molecule has 1 aliphatic rings. The Bertz CT molecular complexity index is 440. The normalized spacial score (nSPS) is 16.6. The fourth-order valence-electron chi connectivity index (χ4n) is 3.02. The van der Waals surface area contributed by atoms with Gasteiger partial charge in [0, 0.05) is 25.1 Å². The minimum atomic E-state index is 0.145. The fourth-order valence-corrected chi connectivity index (χ4v) is 3.26. The second kappa shape index (κ2) is 7.80. The van der Waals surface area contributed by atoms with Crippen LogP contribution in [0, 0.1) is 5.92 Å². The first-order valence-electron chi connectivity index (χ1n) is 7.63. The van der Waals surface area contributed by atoms with Crippen molar-refractivity contribution in [2.45, 2.75) is 38.5 Å². The van der Waals surface area contributed by atoms with Crippen LogP contribution in [0.2, 0.25) is 5.02 Å². The highest BCUT2D eigenvalue weighted by molar-refractivity contribution is 6.33. The van der Waals surface area contributed by atoms with E-state index in [-0.39, 0.29) is 5.78 Å². The molecule has 3 heteroatoms. The Hall–Kier alpha value is -0.860. The topological polar surface area (TPSA) is 20.3 Å². The van der Waals surface area contributed by atoms with Crippen molar-refractivity contribution in [3.05, 3.63) is 34.9 Å². The molecule has 20 heavy (non-hydrogen) atoms. The summed E-state index contributed by atoms with van der Waals surface area (Å²) in [6.45, 7) is 1.94. The van der Waals surface area contributed by atoms with Crippen LogP contribution in [0.15, 0.2) is 24.3 Å². The highest BCUT2D eigenvalue weighted by Crippen LogP contribution is 2.24. The molecule has 1 aliphatic carbocycles. The summed E-state index contributed by atoms with van der Waals surface area (Å²) < 4.78 is 0. The number of halogens is 1. The molecule has 1 saturated carbocycles. The minimum absolute atomic E-state index is 0.145. The summed E-state index contributed by atoms with van der Waals surface area (Å²) in [6, 6.07) is 7.31. The van der Waals surface area contributed by atoms with Gasteiger partial charge in [-0.2, -0.15) is 0 Å². The molecule has 2 nitrogen and oxygen atoms in total. The number of nitrogens with zero attached hydrogens (tertiary/aromatic N) is 1. The van der Waals surface area contributed by atoms with Gasteiger partial charge in [0.05, 0.1) is 5.02 Å². The summed E-state index contributed by atoms with van der Waals surface area (Å²) in [4.78, 5) is 14.4. The zero-order valence-electron chi connectivity index (χ0n) is 12.3. The van der Waals surface area contributed by atoms with Crippen molar-refractivity contribution >= 4 is 17.4 Å². The highest BCUT2D eigenvalue weighted by Gasteiger charge is 2.16. The first-order chi connectivity index (χ1) is 9.66. The van der Waals surface area contributed by atoms with Gasteiger partial charge in [-0.05, 0) is 37.9 Å². The smallest absolute Gasteiger partial charge is 0.165 e. The fraction of sp³-hybridized carbons (Fsp3) is 0.588. The average Bonchev–Trinajstić information content (AvgIpc) is 2.46. The molecule has 1 aromatic carbocycles. The summed E-state index contributed by atoms with van der Waals surface area (Å²) in [6.07, 6.45) is 7.39. The molecular formula is C17H24ClNO. The second-order valence-corrected chi connectivity index (χ2v) is 6.33. The van der Waals surface area contributed by atoms with E-state index >= 15 is 0 Å². The van der Waals surface area contributed by atoms with Crippen molar-refractivity contribution < 1.29 is 4.79 Å². The molecule has 0 aromatic heterocycles. The van der Waals surface area contributed by atoms with Crippen molar-refractivity contribution in [3.8, 4) is 0 Å². The lowest BCUT2D eigenvalue weighted by atomic mass is 9.89. The van der Waals surface area contributed by atoms with Gasteiger partial charge in [0.15, 0.2) is 5.78 Å². The molecule has 0 atom stereocenters. The molecule has 0 heterocycles. The molecule has 0 unspecified atom stereocenters. The number of carbonyl (C=O) groups excluding carboxylic acids is 1. The molecule has 2 rings (SSSR count). The third-order valence-corrected chi connectivity index (χ3v) is 4.52. The third-order valence-electron chi connectivity index (χ3n) is 4.19. The molecule has 1 fully saturated rings. The van der Waals surface area contributed by atoms with Crippen LogP contribution in [0.5, 0.6) is 0 Å². The maximum atomic E-state index is 12.2. The zero-order valence-corrected chi connectivity index (χ0v) is 13.0. The standard InChI is InChI=1S/C17H24ClNO/c1-19(13-14-7-3-2-4-8-14)12-11-17(20)15-9-5-6-10-16(15)18/h5-6,9-10,14H,2-4,7-8,11-13H2,1H3. The van der Waals surface area contributed by atoms with Crippen LogP contribution in [0.3, 0.4) is 0 Å². The molecule has 0 N–H and O–H groups in total. The van der Waals surface area contributed by atoms with E-state index in [1.54, 1.807) is 6.07 Å². The van der Waals surface area contributed by atoms with Crippen molar-refractivity contribution in [2.75, 3.05) is 20.1 Å². The van der Waals surface area contributed by atoms with E-state index in [1.165, 1.54) is 32.1 Å². The predicted molar refractivity (Wildman–Crippen MR) is 84.5 cm³/mol. The lowest BCUT2D eigenvalue weighted by Gasteiger charge is -2.26. The largest absolute Gasteiger partial charge is 0.306 e. The number of hydrogen-bond donors (Lipinski definition) is 0. The van der Waals surface area contributed by atoms with Gasteiger partial charge in [0.1, 0.15) is 0 Å². The molecule has 0 radical (unpaired) electrons. The van der Waals surface area contributed by atoms with E-state index in [4.69, 9.17) is 11.6 Å². The number of rotatable bonds is 6. The molecule has 0 amide bonds. The maximum absolute atomic E-state index is 12.2. The lowest BCUT2D eigenvalue weighted by Crippen LogP contribution is -2.29. The van der Waals surface area contributed by atoms with E-state index in [0.29, 0.717) is 17.0 Å². The number of carbonyl (C=O) groups is 1. The summed E-state index contributed by atoms with van der Waals surface area (Å²) in [5.74, 6) is 0.968. The Balaban J connectivity index is 1.76. The van der Waals surface area contributed by atoms with E-state index in [9.17, 15) is 4.79 Å². The Morgan fingerprint density at radius 2 is 1.95 bits per heavy atom. The maximum Gasteiger partial charge on any atom is 0.165 e. The van der Waals surface area contributed by atoms with E-state index in [0.717, 1.165) is 19.0 Å². The zero-order chi connectivity index (χ0) is 14.4. The van der Waals surface area contributed by atoms with Crippen LogP contribution in [0.1, 0.15) is 48.9 Å². The molecule has 0 bridgehead atoms.